The molecule has 0 spiro atoms. The number of aromatic nitrogens is 1. The van der Waals surface area contributed by atoms with E-state index in [-0.39, 0.29) is 17.4 Å². The number of nitrogens with zero attached hydrogens (tertiary/aromatic N) is 1. The van der Waals surface area contributed by atoms with Gasteiger partial charge in [0.25, 0.3) is 5.56 Å². The Balaban J connectivity index is 2.67. The maximum atomic E-state index is 12.0. The topological polar surface area (TPSA) is 86.3 Å². The molecule has 20 heavy (non-hydrogen) atoms. The van der Waals surface area contributed by atoms with E-state index in [2.05, 4.69) is 5.32 Å². The lowest BCUT2D eigenvalue weighted by atomic mass is 10.0. The average molecular weight is 281 g/mol. The lowest BCUT2D eigenvalue weighted by molar-refractivity contribution is -0.119. The highest BCUT2D eigenvalue weighted by molar-refractivity contribution is 5.92. The normalized spacial score (nSPS) is 12.2. The van der Waals surface area contributed by atoms with Gasteiger partial charge in [-0.3, -0.25) is 9.59 Å². The van der Waals surface area contributed by atoms with E-state index < -0.39 is 0 Å². The van der Waals surface area contributed by atoms with Crippen LogP contribution in [0.1, 0.15) is 19.8 Å². The van der Waals surface area contributed by atoms with E-state index in [0.717, 1.165) is 12.8 Å². The van der Waals surface area contributed by atoms with E-state index in [1.807, 2.05) is 6.92 Å². The number of rotatable bonds is 8. The molecule has 1 aromatic heterocycles. The van der Waals surface area contributed by atoms with Crippen molar-refractivity contribution in [2.24, 2.45) is 11.7 Å². The molecule has 0 bridgehead atoms. The van der Waals surface area contributed by atoms with Crippen LogP contribution in [0, 0.1) is 5.92 Å². The summed E-state index contributed by atoms with van der Waals surface area (Å²) in [5.74, 6) is -0.159. The van der Waals surface area contributed by atoms with Crippen LogP contribution in [0.3, 0.4) is 0 Å². The van der Waals surface area contributed by atoms with Crippen LogP contribution in [-0.2, 0) is 16.1 Å². The van der Waals surface area contributed by atoms with E-state index in [1.165, 1.54) is 10.6 Å². The Morgan fingerprint density at radius 3 is 2.90 bits per heavy atom. The summed E-state index contributed by atoms with van der Waals surface area (Å²) in [6.45, 7) is 3.36. The van der Waals surface area contributed by atoms with Gasteiger partial charge in [0, 0.05) is 31.8 Å². The first-order valence-electron chi connectivity index (χ1n) is 6.79. The number of anilines is 1. The molecule has 6 nitrogen and oxygen atoms in total. The molecule has 6 heteroatoms. The van der Waals surface area contributed by atoms with E-state index in [1.54, 1.807) is 19.4 Å². The third-order valence-electron chi connectivity index (χ3n) is 3.08. The number of pyridine rings is 1. The number of carbonyl (C=O) groups excluding carboxylic acids is 1. The zero-order valence-corrected chi connectivity index (χ0v) is 12.1. The summed E-state index contributed by atoms with van der Waals surface area (Å²) in [6.07, 6.45) is 3.21. The van der Waals surface area contributed by atoms with Gasteiger partial charge < -0.3 is 20.4 Å². The molecule has 0 saturated carbocycles. The molecule has 0 fully saturated rings. The Bertz CT molecular complexity index is 485. The van der Waals surface area contributed by atoms with Crippen molar-refractivity contribution in [2.45, 2.75) is 26.3 Å². The Morgan fingerprint density at radius 1 is 1.50 bits per heavy atom. The number of nitrogens with two attached hydrogens (primary N) is 1. The SMILES string of the molecule is COCCn1cc(NC(=O)C(C)CCCN)ccc1=O. The van der Waals surface area contributed by atoms with E-state index in [0.29, 0.717) is 25.4 Å². The number of nitrogens with one attached hydrogen (secondary N) is 1. The van der Waals surface area contributed by atoms with E-state index in [9.17, 15) is 9.59 Å². The third kappa shape index (κ3) is 5.14. The van der Waals surface area contributed by atoms with E-state index >= 15 is 0 Å². The van der Waals surface area contributed by atoms with Crippen molar-refractivity contribution in [1.29, 1.82) is 0 Å². The van der Waals surface area contributed by atoms with Gasteiger partial charge in [-0.05, 0) is 25.5 Å². The molecule has 0 radical (unpaired) electrons. The van der Waals surface area contributed by atoms with Gasteiger partial charge in [-0.2, -0.15) is 0 Å². The Kier molecular flexibility index (Phi) is 6.97. The summed E-state index contributed by atoms with van der Waals surface area (Å²) < 4.78 is 6.46. The summed E-state index contributed by atoms with van der Waals surface area (Å²) in [4.78, 5) is 23.6. The zero-order chi connectivity index (χ0) is 15.0. The van der Waals surface area contributed by atoms with Crippen molar-refractivity contribution >= 4 is 11.6 Å². The minimum Gasteiger partial charge on any atom is -0.383 e. The maximum absolute atomic E-state index is 12.0. The molecule has 0 aliphatic rings. The van der Waals surface area contributed by atoms with Gasteiger partial charge in [0.1, 0.15) is 0 Å². The van der Waals surface area contributed by atoms with Crippen molar-refractivity contribution in [2.75, 3.05) is 25.6 Å². The molecule has 1 heterocycles. The predicted octanol–water partition coefficient (Wildman–Crippen LogP) is 0.808. The fourth-order valence-electron chi connectivity index (χ4n) is 1.79. The van der Waals surface area contributed by atoms with Crippen LogP contribution in [0.4, 0.5) is 5.69 Å². The summed E-state index contributed by atoms with van der Waals surface area (Å²) >= 11 is 0. The number of hydrogen-bond acceptors (Lipinski definition) is 4. The summed E-state index contributed by atoms with van der Waals surface area (Å²) in [7, 11) is 1.58. The highest BCUT2D eigenvalue weighted by Crippen LogP contribution is 2.10. The monoisotopic (exact) mass is 281 g/mol. The van der Waals surface area contributed by atoms with Gasteiger partial charge in [0.05, 0.1) is 12.3 Å². The molecular weight excluding hydrogens is 258 g/mol. The van der Waals surface area contributed by atoms with Crippen LogP contribution >= 0.6 is 0 Å². The number of ether oxygens (including phenoxy) is 1. The van der Waals surface area contributed by atoms with Crippen molar-refractivity contribution < 1.29 is 9.53 Å². The standard InChI is InChI=1S/C14H23N3O3/c1-11(4-3-7-15)14(19)16-12-5-6-13(18)17(10-12)8-9-20-2/h5-6,10-11H,3-4,7-9,15H2,1-2H3,(H,16,19). The number of hydrogen-bond donors (Lipinski definition) is 2. The molecule has 1 unspecified atom stereocenters. The molecule has 1 amide bonds. The number of methoxy groups -OCH3 is 1. The number of carbonyl (C=O) groups is 1. The fourth-order valence-corrected chi connectivity index (χ4v) is 1.79. The smallest absolute Gasteiger partial charge is 0.250 e. The molecule has 1 atom stereocenters. The van der Waals surface area contributed by atoms with Crippen LogP contribution in [-0.4, -0.2) is 30.7 Å². The van der Waals surface area contributed by atoms with E-state index in [4.69, 9.17) is 10.5 Å². The van der Waals surface area contributed by atoms with Gasteiger partial charge in [0.15, 0.2) is 0 Å². The quantitative estimate of drug-likeness (QED) is 0.738. The van der Waals surface area contributed by atoms with Crippen LogP contribution in [0.15, 0.2) is 23.1 Å². The zero-order valence-electron chi connectivity index (χ0n) is 12.1. The van der Waals surface area contributed by atoms with Crippen molar-refractivity contribution in [3.8, 4) is 0 Å². The minimum atomic E-state index is -0.115. The first kappa shape index (κ1) is 16.4. The maximum Gasteiger partial charge on any atom is 0.250 e. The lowest BCUT2D eigenvalue weighted by Gasteiger charge is -2.13. The van der Waals surface area contributed by atoms with Gasteiger partial charge in [-0.15, -0.1) is 0 Å². The third-order valence-corrected chi connectivity index (χ3v) is 3.08. The van der Waals surface area contributed by atoms with Gasteiger partial charge >= 0.3 is 0 Å². The molecule has 112 valence electrons. The van der Waals surface area contributed by atoms with Gasteiger partial charge in [0.2, 0.25) is 5.91 Å². The Hall–Kier alpha value is -1.66. The fraction of sp³-hybridized carbons (Fsp3) is 0.571. The molecule has 0 aromatic carbocycles. The lowest BCUT2D eigenvalue weighted by Crippen LogP contribution is -2.24. The molecular formula is C14H23N3O3. The number of amides is 1. The second-order valence-electron chi connectivity index (χ2n) is 4.76. The second-order valence-corrected chi connectivity index (χ2v) is 4.76. The van der Waals surface area contributed by atoms with Crippen LogP contribution < -0.4 is 16.6 Å². The average Bonchev–Trinajstić information content (AvgIpc) is 2.45. The van der Waals surface area contributed by atoms with Crippen LogP contribution in [0.2, 0.25) is 0 Å². The van der Waals surface area contributed by atoms with Crippen LogP contribution in [0.5, 0.6) is 0 Å². The molecule has 0 aliphatic heterocycles. The van der Waals surface area contributed by atoms with Crippen molar-refractivity contribution in [3.05, 3.63) is 28.7 Å². The van der Waals surface area contributed by atoms with Crippen molar-refractivity contribution in [3.63, 3.8) is 0 Å². The Labute approximate surface area is 118 Å². The predicted molar refractivity (Wildman–Crippen MR) is 78.7 cm³/mol. The summed E-state index contributed by atoms with van der Waals surface area (Å²) in [5, 5.41) is 2.81. The minimum absolute atomic E-state index is 0.0598. The Morgan fingerprint density at radius 2 is 2.25 bits per heavy atom. The van der Waals surface area contributed by atoms with Crippen molar-refractivity contribution in [1.82, 2.24) is 4.57 Å². The highest BCUT2D eigenvalue weighted by atomic mass is 16.5. The largest absolute Gasteiger partial charge is 0.383 e. The molecule has 0 aliphatic carbocycles. The molecule has 3 N–H and O–H groups in total. The van der Waals surface area contributed by atoms with Gasteiger partial charge in [-0.25, -0.2) is 0 Å². The molecule has 0 saturated heterocycles. The van der Waals surface area contributed by atoms with Crippen LogP contribution in [0.25, 0.3) is 0 Å². The summed E-state index contributed by atoms with van der Waals surface area (Å²) in [5.41, 5.74) is 5.93. The second kappa shape index (κ2) is 8.50. The highest BCUT2D eigenvalue weighted by Gasteiger charge is 2.12. The summed E-state index contributed by atoms with van der Waals surface area (Å²) in [6, 6.07) is 3.05. The molecule has 1 aromatic rings. The first-order chi connectivity index (χ1) is 9.58. The first-order valence-corrected chi connectivity index (χ1v) is 6.79. The van der Waals surface area contributed by atoms with Gasteiger partial charge in [-0.1, -0.05) is 6.92 Å². The molecule has 1 rings (SSSR count).